The van der Waals surface area contributed by atoms with Crippen LogP contribution in [0, 0.1) is 5.92 Å². The highest BCUT2D eigenvalue weighted by molar-refractivity contribution is 5.93. The van der Waals surface area contributed by atoms with E-state index in [4.69, 9.17) is 4.74 Å². The number of anilines is 1. The number of nitrogens with one attached hydrogen (secondary N) is 2. The Kier molecular flexibility index (Phi) is 7.89. The number of rotatable bonds is 6. The molecular formula is C28H36F3N7O2. The summed E-state index contributed by atoms with van der Waals surface area (Å²) in [4.78, 5) is 31.9. The van der Waals surface area contributed by atoms with E-state index in [9.17, 15) is 18.0 Å². The fraction of sp³-hybridized carbons (Fsp3) is 0.571. The molecule has 1 amide bonds. The second kappa shape index (κ2) is 11.2. The zero-order chi connectivity index (χ0) is 28.5. The molecule has 2 aliphatic rings. The molecule has 0 spiro atoms. The Bertz CT molecular complexity index is 1330. The first-order chi connectivity index (χ1) is 19.0. The first-order valence-electron chi connectivity index (χ1n) is 13.8. The van der Waals surface area contributed by atoms with E-state index in [1.54, 1.807) is 23.2 Å². The molecule has 1 atom stereocenters. The molecule has 12 heteroatoms. The van der Waals surface area contributed by atoms with Crippen molar-refractivity contribution < 1.29 is 22.7 Å². The minimum absolute atomic E-state index is 0.0447. The predicted octanol–water partition coefficient (Wildman–Crippen LogP) is 5.56. The van der Waals surface area contributed by atoms with Gasteiger partial charge in [-0.3, -0.25) is 0 Å². The van der Waals surface area contributed by atoms with Crippen LogP contribution in [0.1, 0.15) is 52.0 Å². The molecule has 0 radical (unpaired) electrons. The van der Waals surface area contributed by atoms with E-state index >= 15 is 0 Å². The lowest BCUT2D eigenvalue weighted by atomic mass is 9.93. The van der Waals surface area contributed by atoms with Gasteiger partial charge in [0.1, 0.15) is 16.8 Å². The summed E-state index contributed by atoms with van der Waals surface area (Å²) in [6.07, 6.45) is 2.93. The highest BCUT2D eigenvalue weighted by Gasteiger charge is 2.36. The number of fused-ring (bicyclic) bond motifs is 1. The van der Waals surface area contributed by atoms with Gasteiger partial charge in [0.2, 0.25) is 5.95 Å². The summed E-state index contributed by atoms with van der Waals surface area (Å²) in [5, 5.41) is 3.83. The van der Waals surface area contributed by atoms with Crippen molar-refractivity contribution in [1.82, 2.24) is 29.7 Å². The maximum Gasteiger partial charge on any atom is 0.419 e. The predicted molar refractivity (Wildman–Crippen MR) is 146 cm³/mol. The third-order valence-electron chi connectivity index (χ3n) is 7.53. The van der Waals surface area contributed by atoms with Crippen LogP contribution in [0.3, 0.4) is 0 Å². The van der Waals surface area contributed by atoms with Gasteiger partial charge in [-0.25, -0.2) is 19.7 Å². The minimum Gasteiger partial charge on any atom is -0.444 e. The Morgan fingerprint density at radius 3 is 2.65 bits per heavy atom. The molecule has 0 aromatic carbocycles. The molecule has 40 heavy (non-hydrogen) atoms. The van der Waals surface area contributed by atoms with E-state index in [0.29, 0.717) is 35.6 Å². The number of carbonyl (C=O) groups is 1. The first kappa shape index (κ1) is 28.1. The van der Waals surface area contributed by atoms with Crippen LogP contribution < -0.4 is 5.32 Å². The summed E-state index contributed by atoms with van der Waals surface area (Å²) in [6.45, 7) is 9.66. The van der Waals surface area contributed by atoms with Gasteiger partial charge in [0, 0.05) is 61.8 Å². The SMILES string of the molecule is CC(C)(C)OC(=O)N1CCC(CCN2CC[C@@H](Nc3ncc(C(F)(F)F)c(-c4c[nH]c5ncccc45)n3)C2)CC1. The molecule has 2 N–H and O–H groups in total. The zero-order valence-electron chi connectivity index (χ0n) is 23.1. The first-order valence-corrected chi connectivity index (χ1v) is 13.8. The molecule has 5 rings (SSSR count). The standard InChI is InChI=1S/C28H36F3N7O2/c1-27(2,3)40-26(39)38-13-7-18(8-14-38)6-11-37-12-9-19(17-37)35-25-34-16-22(28(29,30)31)23(36-25)21-15-33-24-20(21)5-4-10-32-24/h4-5,10,15-16,18-19H,6-9,11-14,17H2,1-3H3,(H,32,33)(H,34,35,36)/t19-/m1/s1. The number of alkyl halides is 3. The van der Waals surface area contributed by atoms with Gasteiger partial charge >= 0.3 is 12.3 Å². The number of carbonyl (C=O) groups excluding carboxylic acids is 1. The highest BCUT2D eigenvalue weighted by atomic mass is 19.4. The Balaban J connectivity index is 1.16. The molecule has 5 heterocycles. The van der Waals surface area contributed by atoms with Crippen LogP contribution in [0.25, 0.3) is 22.3 Å². The van der Waals surface area contributed by atoms with Crippen LogP contribution in [0.15, 0.2) is 30.7 Å². The van der Waals surface area contributed by atoms with Gasteiger partial charge in [-0.2, -0.15) is 13.2 Å². The van der Waals surface area contributed by atoms with E-state index in [1.807, 2.05) is 20.8 Å². The van der Waals surface area contributed by atoms with Crippen molar-refractivity contribution in [3.05, 3.63) is 36.3 Å². The van der Waals surface area contributed by atoms with Crippen molar-refractivity contribution in [3.8, 4) is 11.3 Å². The van der Waals surface area contributed by atoms with Crippen LogP contribution in [0.2, 0.25) is 0 Å². The minimum atomic E-state index is -4.59. The van der Waals surface area contributed by atoms with Crippen LogP contribution in [0.4, 0.5) is 23.9 Å². The third-order valence-corrected chi connectivity index (χ3v) is 7.53. The maximum absolute atomic E-state index is 13.8. The lowest BCUT2D eigenvalue weighted by molar-refractivity contribution is -0.137. The molecule has 9 nitrogen and oxygen atoms in total. The molecule has 3 aromatic heterocycles. The van der Waals surface area contributed by atoms with Crippen LogP contribution in [-0.2, 0) is 10.9 Å². The van der Waals surface area contributed by atoms with Gasteiger partial charge in [0.25, 0.3) is 0 Å². The van der Waals surface area contributed by atoms with Gasteiger partial charge in [-0.05, 0) is 71.0 Å². The van der Waals surface area contributed by atoms with Crippen molar-refractivity contribution in [1.29, 1.82) is 0 Å². The molecule has 0 bridgehead atoms. The summed E-state index contributed by atoms with van der Waals surface area (Å²) in [7, 11) is 0. The average Bonchev–Trinajstić information content (AvgIpc) is 3.53. The number of aromatic nitrogens is 4. The van der Waals surface area contributed by atoms with Gasteiger partial charge in [-0.15, -0.1) is 0 Å². The highest BCUT2D eigenvalue weighted by Crippen LogP contribution is 2.38. The second-order valence-corrected chi connectivity index (χ2v) is 11.7. The second-order valence-electron chi connectivity index (χ2n) is 11.7. The molecule has 3 aromatic rings. The number of likely N-dealkylation sites (tertiary alicyclic amines) is 2. The molecule has 2 saturated heterocycles. The number of ether oxygens (including phenoxy) is 1. The summed E-state index contributed by atoms with van der Waals surface area (Å²) in [6, 6.07) is 3.45. The summed E-state index contributed by atoms with van der Waals surface area (Å²) in [5.74, 6) is 0.736. The molecule has 0 aliphatic carbocycles. The topological polar surface area (TPSA) is 99.3 Å². The molecule has 0 saturated carbocycles. The molecule has 2 aliphatic heterocycles. The molecule has 2 fully saturated rings. The smallest absolute Gasteiger partial charge is 0.419 e. The van der Waals surface area contributed by atoms with Crippen LogP contribution in [0.5, 0.6) is 0 Å². The average molecular weight is 560 g/mol. The Labute approximate surface area is 231 Å². The summed E-state index contributed by atoms with van der Waals surface area (Å²) >= 11 is 0. The summed E-state index contributed by atoms with van der Waals surface area (Å²) < 4.78 is 47.0. The molecule has 0 unspecified atom stereocenters. The number of hydrogen-bond acceptors (Lipinski definition) is 7. The van der Waals surface area contributed by atoms with Crippen molar-refractivity contribution in [2.75, 3.05) is 38.0 Å². The van der Waals surface area contributed by atoms with Gasteiger partial charge < -0.3 is 24.8 Å². The number of nitrogens with zero attached hydrogens (tertiary/aromatic N) is 5. The number of H-pyrrole nitrogens is 1. The van der Waals surface area contributed by atoms with Crippen LogP contribution >= 0.6 is 0 Å². The van der Waals surface area contributed by atoms with E-state index in [0.717, 1.165) is 51.5 Å². The van der Waals surface area contributed by atoms with E-state index in [1.165, 1.54) is 6.20 Å². The van der Waals surface area contributed by atoms with Crippen molar-refractivity contribution >= 4 is 23.1 Å². The largest absolute Gasteiger partial charge is 0.444 e. The van der Waals surface area contributed by atoms with E-state index in [2.05, 4.69) is 30.2 Å². The fourth-order valence-corrected chi connectivity index (χ4v) is 5.45. The number of aromatic amines is 1. The maximum atomic E-state index is 13.8. The van der Waals surface area contributed by atoms with Crippen LogP contribution in [-0.4, -0.2) is 80.2 Å². The normalized spacial score (nSPS) is 19.4. The number of amides is 1. The Morgan fingerprint density at radius 2 is 1.93 bits per heavy atom. The zero-order valence-corrected chi connectivity index (χ0v) is 23.1. The van der Waals surface area contributed by atoms with E-state index in [-0.39, 0.29) is 23.8 Å². The van der Waals surface area contributed by atoms with Gasteiger partial charge in [0.05, 0.1) is 5.69 Å². The molecule has 216 valence electrons. The number of hydrogen-bond donors (Lipinski definition) is 2. The number of piperidine rings is 1. The number of halogens is 3. The fourth-order valence-electron chi connectivity index (χ4n) is 5.45. The van der Waals surface area contributed by atoms with Crippen molar-refractivity contribution in [2.45, 2.75) is 64.3 Å². The van der Waals surface area contributed by atoms with E-state index < -0.39 is 17.3 Å². The monoisotopic (exact) mass is 559 g/mol. The molecular weight excluding hydrogens is 523 g/mol. The summed E-state index contributed by atoms with van der Waals surface area (Å²) in [5.41, 5.74) is -0.701. The van der Waals surface area contributed by atoms with Gasteiger partial charge in [0.15, 0.2) is 0 Å². The van der Waals surface area contributed by atoms with Crippen molar-refractivity contribution in [2.24, 2.45) is 5.92 Å². The van der Waals surface area contributed by atoms with Gasteiger partial charge in [-0.1, -0.05) is 0 Å². The number of pyridine rings is 1. The van der Waals surface area contributed by atoms with Crippen molar-refractivity contribution in [3.63, 3.8) is 0 Å². The Hall–Kier alpha value is -3.41. The lowest BCUT2D eigenvalue weighted by Gasteiger charge is -2.34. The third kappa shape index (κ3) is 6.65. The lowest BCUT2D eigenvalue weighted by Crippen LogP contribution is -2.42. The quantitative estimate of drug-likeness (QED) is 0.408. The Morgan fingerprint density at radius 1 is 1.15 bits per heavy atom.